The molecule has 1 aromatic carbocycles. The Hall–Kier alpha value is -1.28. The van der Waals surface area contributed by atoms with E-state index in [9.17, 15) is 10.1 Å². The molecule has 0 saturated heterocycles. The predicted molar refractivity (Wildman–Crippen MR) is 67.2 cm³/mol. The van der Waals surface area contributed by atoms with E-state index in [1.807, 2.05) is 36.0 Å². The third-order valence-corrected chi connectivity index (χ3v) is 3.92. The lowest BCUT2D eigenvalue weighted by Crippen LogP contribution is -3.00. The van der Waals surface area contributed by atoms with E-state index in [4.69, 9.17) is 0 Å². The van der Waals surface area contributed by atoms with Gasteiger partial charge in [-0.15, -0.1) is 11.3 Å². The molecule has 0 aliphatic rings. The number of aryl methyl sites for hydroxylation is 1. The van der Waals surface area contributed by atoms with Gasteiger partial charge in [0.05, 0.1) is 10.3 Å². The van der Waals surface area contributed by atoms with Gasteiger partial charge in [-0.3, -0.25) is 10.1 Å². The minimum atomic E-state index is -0.355. The molecule has 0 fully saturated rings. The van der Waals surface area contributed by atoms with Crippen LogP contribution in [0, 0.1) is 10.1 Å². The van der Waals surface area contributed by atoms with Crippen LogP contribution in [-0.2, 0) is 7.05 Å². The van der Waals surface area contributed by atoms with E-state index >= 15 is 0 Å². The Morgan fingerprint density at radius 1 is 1.28 bits per heavy atom. The van der Waals surface area contributed by atoms with E-state index in [0.29, 0.717) is 0 Å². The Morgan fingerprint density at radius 3 is 2.78 bits per heavy atom. The van der Waals surface area contributed by atoms with Crippen molar-refractivity contribution in [1.82, 2.24) is 0 Å². The highest BCUT2D eigenvalue weighted by Crippen LogP contribution is 2.33. The van der Waals surface area contributed by atoms with Crippen LogP contribution >= 0.6 is 11.3 Å². The second kappa shape index (κ2) is 4.77. The fourth-order valence-corrected chi connectivity index (χ4v) is 3.15. The number of thiophene rings is 1. The zero-order valence-corrected chi connectivity index (χ0v) is 12.4. The summed E-state index contributed by atoms with van der Waals surface area (Å²) < 4.78 is 4.22. The first-order valence-corrected chi connectivity index (χ1v) is 5.94. The number of hydrogen-bond donors (Lipinski definition) is 0. The second-order valence-corrected chi connectivity index (χ2v) is 4.96. The number of hydrogen-bond acceptors (Lipinski definition) is 3. The van der Waals surface area contributed by atoms with Crippen molar-refractivity contribution >= 4 is 37.3 Å². The molecule has 6 heteroatoms. The molecule has 2 heterocycles. The van der Waals surface area contributed by atoms with Gasteiger partial charge < -0.3 is 24.0 Å². The SMILES string of the molecule is C[n+]1cccc2sc3ccc([N+](=O)[O-])cc3c21.[I-]. The van der Waals surface area contributed by atoms with E-state index in [2.05, 4.69) is 0 Å². The molecule has 3 rings (SSSR count). The molecule has 0 saturated carbocycles. The number of nitro groups is 1. The van der Waals surface area contributed by atoms with E-state index in [-0.39, 0.29) is 34.6 Å². The Kier molecular flexibility index (Phi) is 3.49. The molecule has 0 atom stereocenters. The summed E-state index contributed by atoms with van der Waals surface area (Å²) in [5, 5.41) is 11.7. The molecule has 0 bridgehead atoms. The molecule has 0 N–H and O–H groups in total. The average molecular weight is 372 g/mol. The smallest absolute Gasteiger partial charge is 0.270 e. The van der Waals surface area contributed by atoms with Crippen molar-refractivity contribution < 1.29 is 33.5 Å². The van der Waals surface area contributed by atoms with Crippen molar-refractivity contribution in [2.24, 2.45) is 7.05 Å². The van der Waals surface area contributed by atoms with Crippen LogP contribution in [0.4, 0.5) is 5.69 Å². The first-order valence-electron chi connectivity index (χ1n) is 5.12. The van der Waals surface area contributed by atoms with Gasteiger partial charge >= 0.3 is 0 Å². The molecule has 0 spiro atoms. The van der Waals surface area contributed by atoms with Gasteiger partial charge in [-0.25, -0.2) is 0 Å². The summed E-state index contributed by atoms with van der Waals surface area (Å²) >= 11 is 1.65. The molecule has 4 nitrogen and oxygen atoms in total. The van der Waals surface area contributed by atoms with Gasteiger partial charge in [0, 0.05) is 22.9 Å². The molecule has 2 aromatic heterocycles. The van der Waals surface area contributed by atoms with Gasteiger partial charge in [0.15, 0.2) is 6.20 Å². The van der Waals surface area contributed by atoms with Crippen LogP contribution in [0.1, 0.15) is 0 Å². The maximum atomic E-state index is 10.8. The van der Waals surface area contributed by atoms with Gasteiger partial charge in [-0.1, -0.05) is 0 Å². The van der Waals surface area contributed by atoms with Crippen LogP contribution in [0.3, 0.4) is 0 Å². The molecule has 0 radical (unpaired) electrons. The van der Waals surface area contributed by atoms with Crippen LogP contribution in [0.25, 0.3) is 20.3 Å². The van der Waals surface area contributed by atoms with Crippen molar-refractivity contribution in [2.45, 2.75) is 0 Å². The van der Waals surface area contributed by atoms with Crippen LogP contribution < -0.4 is 28.5 Å². The fourth-order valence-electron chi connectivity index (χ4n) is 2.02. The number of pyridine rings is 1. The summed E-state index contributed by atoms with van der Waals surface area (Å²) in [7, 11) is 1.95. The maximum Gasteiger partial charge on any atom is 0.270 e. The monoisotopic (exact) mass is 372 g/mol. The molecule has 18 heavy (non-hydrogen) atoms. The van der Waals surface area contributed by atoms with Crippen molar-refractivity contribution in [1.29, 1.82) is 0 Å². The zero-order valence-electron chi connectivity index (χ0n) is 9.46. The summed E-state index contributed by atoms with van der Waals surface area (Å²) in [6.07, 6.45) is 1.95. The molecule has 0 aliphatic heterocycles. The minimum Gasteiger partial charge on any atom is -1.00 e. The molecule has 0 amide bonds. The third-order valence-electron chi connectivity index (χ3n) is 2.79. The van der Waals surface area contributed by atoms with Crippen molar-refractivity contribution in [3.05, 3.63) is 46.6 Å². The van der Waals surface area contributed by atoms with E-state index in [1.165, 1.54) is 0 Å². The largest absolute Gasteiger partial charge is 1.00 e. The quantitative estimate of drug-likeness (QED) is 0.257. The lowest BCUT2D eigenvalue weighted by Gasteiger charge is -1.92. The van der Waals surface area contributed by atoms with E-state index in [0.717, 1.165) is 20.3 Å². The number of nitrogens with zero attached hydrogens (tertiary/aromatic N) is 2. The predicted octanol–water partition coefficient (Wildman–Crippen LogP) is -0.209. The molecule has 92 valence electrons. The molecule has 0 unspecified atom stereocenters. The summed E-state index contributed by atoms with van der Waals surface area (Å²) in [5.41, 5.74) is 1.19. The summed E-state index contributed by atoms with van der Waals surface area (Å²) in [4.78, 5) is 10.4. The maximum absolute atomic E-state index is 10.8. The summed E-state index contributed by atoms with van der Waals surface area (Å²) in [6, 6.07) is 9.03. The van der Waals surface area contributed by atoms with Crippen molar-refractivity contribution in [3.8, 4) is 0 Å². The van der Waals surface area contributed by atoms with Crippen LogP contribution in [-0.4, -0.2) is 4.92 Å². The van der Waals surface area contributed by atoms with E-state index in [1.54, 1.807) is 23.5 Å². The topological polar surface area (TPSA) is 47.0 Å². The highest BCUT2D eigenvalue weighted by Gasteiger charge is 2.16. The third kappa shape index (κ3) is 1.95. The number of non-ortho nitro benzene ring substituents is 1. The Labute approximate surface area is 124 Å². The van der Waals surface area contributed by atoms with E-state index < -0.39 is 0 Å². The van der Waals surface area contributed by atoms with Gasteiger partial charge in [-0.05, 0) is 12.1 Å². The number of fused-ring (bicyclic) bond motifs is 3. The average Bonchev–Trinajstić information content (AvgIpc) is 2.67. The number of benzene rings is 1. The number of rotatable bonds is 1. The van der Waals surface area contributed by atoms with Gasteiger partial charge in [0.2, 0.25) is 5.52 Å². The highest BCUT2D eigenvalue weighted by atomic mass is 127. The van der Waals surface area contributed by atoms with Gasteiger partial charge in [0.25, 0.3) is 5.69 Å². The van der Waals surface area contributed by atoms with Gasteiger partial charge in [0.1, 0.15) is 11.7 Å². The number of nitro benzene ring substituents is 1. The first kappa shape index (κ1) is 13.2. The Bertz CT molecular complexity index is 754. The van der Waals surface area contributed by atoms with Gasteiger partial charge in [-0.2, -0.15) is 4.57 Å². The van der Waals surface area contributed by atoms with Crippen molar-refractivity contribution in [2.75, 3.05) is 0 Å². The minimum absolute atomic E-state index is 0. The number of aromatic nitrogens is 1. The summed E-state index contributed by atoms with van der Waals surface area (Å²) in [6.45, 7) is 0. The molecular formula is C12H9IN2O2S. The van der Waals surface area contributed by atoms with Crippen LogP contribution in [0.2, 0.25) is 0 Å². The molecule has 3 aromatic rings. The summed E-state index contributed by atoms with van der Waals surface area (Å²) in [5.74, 6) is 0. The number of halogens is 1. The standard InChI is InChI=1S/C12H9N2O2S.HI/c1-13-6-2-3-11-12(13)9-7-8(14(15)16)4-5-10(9)17-11;/h2-7H,1H3;1H/q+1;/p-1. The lowest BCUT2D eigenvalue weighted by molar-refractivity contribution is -0.644. The Balaban J connectivity index is 0.00000120. The highest BCUT2D eigenvalue weighted by molar-refractivity contribution is 7.25. The second-order valence-electron chi connectivity index (χ2n) is 3.87. The lowest BCUT2D eigenvalue weighted by atomic mass is 10.2. The molecule has 0 aliphatic carbocycles. The first-order chi connectivity index (χ1) is 8.16. The van der Waals surface area contributed by atoms with Crippen LogP contribution in [0.5, 0.6) is 0 Å². The Morgan fingerprint density at radius 2 is 2.06 bits per heavy atom. The van der Waals surface area contributed by atoms with Crippen molar-refractivity contribution in [3.63, 3.8) is 0 Å². The zero-order chi connectivity index (χ0) is 12.0. The molecular weight excluding hydrogens is 363 g/mol. The van der Waals surface area contributed by atoms with Crippen LogP contribution in [0.15, 0.2) is 36.5 Å². The fraction of sp³-hybridized carbons (Fsp3) is 0.0833. The normalized spacial score (nSPS) is 10.5.